The molecule has 4 heterocycles. The Morgan fingerprint density at radius 2 is 1.82 bits per heavy atom. The Bertz CT molecular complexity index is 1640. The molecule has 0 amide bonds. The van der Waals surface area contributed by atoms with Gasteiger partial charge in [0.05, 0.1) is 32.7 Å². The number of cyclic esters (lactones) is 1. The third-order valence-corrected chi connectivity index (χ3v) is 14.6. The van der Waals surface area contributed by atoms with Gasteiger partial charge < -0.3 is 42.7 Å². The summed E-state index contributed by atoms with van der Waals surface area (Å²) < 4.78 is 52.1. The van der Waals surface area contributed by atoms with Crippen molar-refractivity contribution in [3.63, 3.8) is 0 Å². The Morgan fingerprint density at radius 1 is 1.08 bits per heavy atom. The maximum atomic E-state index is 13.8. The molecule has 7 aliphatic rings. The van der Waals surface area contributed by atoms with Gasteiger partial charge in [-0.1, -0.05) is 39.3 Å². The monoisotopic (exact) mass is 684 g/mol. The lowest BCUT2D eigenvalue weighted by molar-refractivity contribution is -0.483. The number of carbonyl (C=O) groups excluding carboxylic acids is 3. The van der Waals surface area contributed by atoms with Gasteiger partial charge in [-0.15, -0.1) is 0 Å². The van der Waals surface area contributed by atoms with Crippen LogP contribution >= 0.6 is 0 Å². The van der Waals surface area contributed by atoms with E-state index in [1.807, 2.05) is 40.7 Å². The van der Waals surface area contributed by atoms with Crippen molar-refractivity contribution >= 4 is 17.9 Å². The van der Waals surface area contributed by atoms with Gasteiger partial charge in [-0.05, 0) is 45.1 Å². The molecule has 3 saturated heterocycles. The van der Waals surface area contributed by atoms with Crippen LogP contribution in [0, 0.1) is 28.1 Å². The Balaban J connectivity index is 1.45. The molecular weight excluding hydrogens is 636 g/mol. The molecule has 13 unspecified atom stereocenters. The highest BCUT2D eigenvalue weighted by Gasteiger charge is 3.04. The third kappa shape index (κ3) is 3.38. The SMILES string of the molecule is CC=C(C)COC1C2(C)CC34OC5(CC)OC6(C7CC(=O)OC(c8ccoc8)C7(C)CCC6(O5)C3(C)C2CC(=O)OC)C(O)C14OC(C)=O. The van der Waals surface area contributed by atoms with Crippen molar-refractivity contribution in [1.29, 1.82) is 0 Å². The van der Waals surface area contributed by atoms with Crippen molar-refractivity contribution in [2.24, 2.45) is 28.1 Å². The van der Waals surface area contributed by atoms with Crippen LogP contribution < -0.4 is 0 Å². The standard InChI is InChI=1S/C37H48O12/c1-9-20(3)17-44-29-31(6)19-34-32(7,23(31)15-25(39)42-8)33-13-12-30(5)24(16-26(40)45-27(30)22-11-14-43-18-22)36(33,49-35(10-2,47-33)48-34)28(41)37(29,34)46-21(4)38/h9,11,14,18,23-24,27-29,41H,10,12-13,15-17,19H2,1-8H3. The summed E-state index contributed by atoms with van der Waals surface area (Å²) in [6.45, 7) is 13.4. The van der Waals surface area contributed by atoms with Crippen LogP contribution in [0.3, 0.4) is 0 Å². The van der Waals surface area contributed by atoms with Crippen LogP contribution in [-0.2, 0) is 47.5 Å². The van der Waals surface area contributed by atoms with E-state index in [9.17, 15) is 19.5 Å². The number of rotatable bonds is 8. The molecule has 1 aromatic rings. The van der Waals surface area contributed by atoms with Crippen LogP contribution in [0.2, 0.25) is 0 Å². The van der Waals surface area contributed by atoms with Gasteiger partial charge in [-0.3, -0.25) is 14.4 Å². The molecule has 1 N–H and O–H groups in total. The molecule has 1 aromatic heterocycles. The molecule has 3 aliphatic heterocycles. The maximum Gasteiger partial charge on any atom is 0.306 e. The van der Waals surface area contributed by atoms with E-state index in [0.717, 1.165) is 5.57 Å². The Morgan fingerprint density at radius 3 is 2.45 bits per heavy atom. The molecule has 0 radical (unpaired) electrons. The fraction of sp³-hybridized carbons (Fsp3) is 0.757. The van der Waals surface area contributed by atoms with Gasteiger partial charge in [0.25, 0.3) is 5.97 Å². The summed E-state index contributed by atoms with van der Waals surface area (Å²) in [5, 5.41) is 13.5. The second-order valence-corrected chi connectivity index (χ2v) is 16.3. The molecule has 49 heavy (non-hydrogen) atoms. The maximum absolute atomic E-state index is 13.8. The fourth-order valence-corrected chi connectivity index (χ4v) is 12.8. The molecule has 12 nitrogen and oxygen atoms in total. The normalized spacial score (nSPS) is 51.7. The van der Waals surface area contributed by atoms with E-state index in [1.165, 1.54) is 14.0 Å². The van der Waals surface area contributed by atoms with Crippen molar-refractivity contribution in [3.05, 3.63) is 35.8 Å². The second-order valence-electron chi connectivity index (χ2n) is 16.3. The number of fused-ring (bicyclic) bond motifs is 3. The van der Waals surface area contributed by atoms with Gasteiger partial charge in [0.1, 0.15) is 35.1 Å². The first-order valence-corrected chi connectivity index (χ1v) is 17.6. The second kappa shape index (κ2) is 9.97. The number of hydrogen-bond donors (Lipinski definition) is 1. The largest absolute Gasteiger partial charge is 0.472 e. The van der Waals surface area contributed by atoms with E-state index in [0.29, 0.717) is 24.8 Å². The molecular formula is C37H48O12. The van der Waals surface area contributed by atoms with E-state index in [1.54, 1.807) is 18.6 Å². The number of aliphatic hydroxyl groups is 1. The van der Waals surface area contributed by atoms with Crippen LogP contribution in [0.1, 0.15) is 98.7 Å². The summed E-state index contributed by atoms with van der Waals surface area (Å²) in [5.74, 6) is -4.32. The highest BCUT2D eigenvalue weighted by atomic mass is 16.9. The number of ether oxygens (including phenoxy) is 7. The van der Waals surface area contributed by atoms with Crippen molar-refractivity contribution < 1.29 is 57.1 Å². The number of esters is 3. The minimum atomic E-state index is -1.81. The average Bonchev–Trinajstić information content (AvgIpc) is 3.77. The van der Waals surface area contributed by atoms with Crippen LogP contribution in [0.15, 0.2) is 34.7 Å². The van der Waals surface area contributed by atoms with E-state index < -0.39 is 92.7 Å². The molecule has 2 spiro atoms. The lowest BCUT2D eigenvalue weighted by Gasteiger charge is -2.77. The minimum absolute atomic E-state index is 0.00521. The van der Waals surface area contributed by atoms with E-state index >= 15 is 0 Å². The number of hydrogen-bond acceptors (Lipinski definition) is 12. The molecule has 4 bridgehead atoms. The fourth-order valence-electron chi connectivity index (χ4n) is 12.8. The topological polar surface area (TPSA) is 149 Å². The molecule has 268 valence electrons. The van der Waals surface area contributed by atoms with Crippen LogP contribution in [0.4, 0.5) is 0 Å². The highest BCUT2D eigenvalue weighted by Crippen LogP contribution is 2.90. The molecule has 0 aromatic carbocycles. The van der Waals surface area contributed by atoms with E-state index in [2.05, 4.69) is 6.92 Å². The van der Waals surface area contributed by atoms with Crippen molar-refractivity contribution in [2.45, 2.75) is 134 Å². The first kappa shape index (κ1) is 33.4. The first-order chi connectivity index (χ1) is 23.1. The van der Waals surface area contributed by atoms with E-state index in [4.69, 9.17) is 37.6 Å². The molecule has 8 rings (SSSR count). The first-order valence-electron chi connectivity index (χ1n) is 17.6. The Kier molecular flexibility index (Phi) is 6.79. The molecule has 13 atom stereocenters. The molecule has 4 aliphatic carbocycles. The van der Waals surface area contributed by atoms with E-state index in [-0.39, 0.29) is 25.9 Å². The van der Waals surface area contributed by atoms with Crippen LogP contribution in [0.25, 0.3) is 0 Å². The predicted octanol–water partition coefficient (Wildman–Crippen LogP) is 4.68. The zero-order valence-corrected chi connectivity index (χ0v) is 29.6. The van der Waals surface area contributed by atoms with Crippen LogP contribution in [0.5, 0.6) is 0 Å². The summed E-state index contributed by atoms with van der Waals surface area (Å²) >= 11 is 0. The van der Waals surface area contributed by atoms with Gasteiger partial charge in [0.15, 0.2) is 5.60 Å². The Labute approximate surface area is 286 Å². The number of furan rings is 1. The molecule has 7 fully saturated rings. The lowest BCUT2D eigenvalue weighted by Crippen LogP contribution is -2.93. The zero-order valence-electron chi connectivity index (χ0n) is 29.6. The van der Waals surface area contributed by atoms with Gasteiger partial charge in [-0.2, -0.15) is 0 Å². The average molecular weight is 685 g/mol. The number of methoxy groups -OCH3 is 1. The van der Waals surface area contributed by atoms with Gasteiger partial charge in [-0.25, -0.2) is 0 Å². The summed E-state index contributed by atoms with van der Waals surface area (Å²) in [5.41, 5.74) is -7.27. The summed E-state index contributed by atoms with van der Waals surface area (Å²) in [7, 11) is 1.37. The lowest BCUT2D eigenvalue weighted by atomic mass is 9.33. The van der Waals surface area contributed by atoms with Crippen molar-refractivity contribution in [2.75, 3.05) is 13.7 Å². The summed E-state index contributed by atoms with van der Waals surface area (Å²) in [6, 6.07) is 1.78. The van der Waals surface area contributed by atoms with Gasteiger partial charge in [0.2, 0.25) is 0 Å². The van der Waals surface area contributed by atoms with Crippen LogP contribution in [-0.4, -0.2) is 77.3 Å². The highest BCUT2D eigenvalue weighted by molar-refractivity contribution is 5.73. The summed E-state index contributed by atoms with van der Waals surface area (Å²) in [6.07, 6.45) is 3.23. The van der Waals surface area contributed by atoms with Gasteiger partial charge >= 0.3 is 17.9 Å². The number of aliphatic hydroxyl groups excluding tert-OH is 1. The molecule has 12 heteroatoms. The van der Waals surface area contributed by atoms with Gasteiger partial charge in [0, 0.05) is 47.5 Å². The summed E-state index contributed by atoms with van der Waals surface area (Å²) in [4.78, 5) is 40.7. The zero-order chi connectivity index (χ0) is 35.2. The van der Waals surface area contributed by atoms with Crippen molar-refractivity contribution in [3.8, 4) is 0 Å². The number of allylic oxidation sites excluding steroid dienone is 1. The third-order valence-electron chi connectivity index (χ3n) is 14.6. The quantitative estimate of drug-likeness (QED) is 0.230. The van der Waals surface area contributed by atoms with Crippen molar-refractivity contribution in [1.82, 2.24) is 0 Å². The molecule has 4 saturated carbocycles. The Hall–Kier alpha value is -2.77. The number of carbonyl (C=O) groups is 3. The smallest absolute Gasteiger partial charge is 0.306 e. The minimum Gasteiger partial charge on any atom is -0.472 e. The predicted molar refractivity (Wildman–Crippen MR) is 168 cm³/mol.